The molecular weight excluding hydrogens is 340 g/mol. The van der Waals surface area contributed by atoms with Crippen molar-refractivity contribution in [3.05, 3.63) is 40.2 Å². The van der Waals surface area contributed by atoms with Crippen LogP contribution in [0.4, 0.5) is 5.69 Å². The molecule has 8 nitrogen and oxygen atoms in total. The molecule has 8 heteroatoms. The fourth-order valence-corrected chi connectivity index (χ4v) is 2.95. The van der Waals surface area contributed by atoms with Gasteiger partial charge in [0.1, 0.15) is 30.6 Å². The Morgan fingerprint density at radius 2 is 1.92 bits per heavy atom. The van der Waals surface area contributed by atoms with E-state index < -0.39 is 31.0 Å². The lowest BCUT2D eigenvalue weighted by Crippen LogP contribution is -2.49. The Hall–Kier alpha value is -2.26. The summed E-state index contributed by atoms with van der Waals surface area (Å²) in [7, 11) is 0. The molecule has 0 spiro atoms. The van der Waals surface area contributed by atoms with E-state index in [-0.39, 0.29) is 5.56 Å². The number of hydrogen-bond acceptors (Lipinski definition) is 7. The van der Waals surface area contributed by atoms with E-state index in [0.717, 1.165) is 23.8 Å². The normalized spacial score (nSPS) is 18.9. The van der Waals surface area contributed by atoms with Crippen LogP contribution in [0.25, 0.3) is 10.9 Å². The minimum atomic E-state index is -1.69. The molecule has 0 unspecified atom stereocenters. The van der Waals surface area contributed by atoms with Crippen molar-refractivity contribution >= 4 is 22.9 Å². The molecule has 0 bridgehead atoms. The van der Waals surface area contributed by atoms with E-state index in [9.17, 15) is 24.9 Å². The van der Waals surface area contributed by atoms with Crippen LogP contribution in [-0.2, 0) is 4.79 Å². The van der Waals surface area contributed by atoms with Crippen molar-refractivity contribution in [3.8, 4) is 0 Å². The Bertz CT molecular complexity index is 847. The number of carbonyl (C=O) groups excluding carboxylic acids is 1. The number of aromatic amines is 1. The van der Waals surface area contributed by atoms with Gasteiger partial charge in [0.05, 0.1) is 12.1 Å². The number of H-pyrrole nitrogens is 1. The quantitative estimate of drug-likeness (QED) is 0.346. The molecule has 1 aliphatic rings. The van der Waals surface area contributed by atoms with Crippen molar-refractivity contribution in [2.45, 2.75) is 43.1 Å². The molecule has 140 valence electrons. The Morgan fingerprint density at radius 3 is 2.54 bits per heavy atom. The average molecular weight is 362 g/mol. The van der Waals surface area contributed by atoms with E-state index >= 15 is 0 Å². The highest BCUT2D eigenvalue weighted by Crippen LogP contribution is 2.38. The highest BCUT2D eigenvalue weighted by molar-refractivity contribution is 5.83. The predicted octanol–water partition coefficient (Wildman–Crippen LogP) is -0.540. The third kappa shape index (κ3) is 3.78. The van der Waals surface area contributed by atoms with Gasteiger partial charge in [-0.15, -0.1) is 0 Å². The Balaban J connectivity index is 1.82. The minimum absolute atomic E-state index is 0.134. The lowest BCUT2D eigenvalue weighted by atomic mass is 10.0. The van der Waals surface area contributed by atoms with Crippen molar-refractivity contribution in [3.63, 3.8) is 0 Å². The first kappa shape index (κ1) is 18.5. The maximum Gasteiger partial charge on any atom is 0.251 e. The standard InChI is InChI=1S/C18H22N2O6/c21-7-14(16(24)17(25)15(23)8-22)19-11-4-3-10-5-12(9-1-2-9)18(26)20-13(10)6-11/h3-7,9,14-17,19,22-25H,1-2,8H2,(H,20,26)/t14-,15+,16+,17+/m0/s1. The summed E-state index contributed by atoms with van der Waals surface area (Å²) in [5, 5.41) is 41.7. The van der Waals surface area contributed by atoms with Crippen molar-refractivity contribution < 1.29 is 25.2 Å². The number of nitrogens with one attached hydrogen (secondary N) is 2. The summed E-state index contributed by atoms with van der Waals surface area (Å²) in [6.07, 6.45) is -2.43. The molecular formula is C18H22N2O6. The Kier molecular flexibility index (Phi) is 5.38. The van der Waals surface area contributed by atoms with Gasteiger partial charge >= 0.3 is 0 Å². The number of aliphatic hydroxyl groups is 4. The third-order valence-corrected chi connectivity index (χ3v) is 4.67. The van der Waals surface area contributed by atoms with Gasteiger partial charge in [-0.3, -0.25) is 4.79 Å². The molecule has 1 aromatic heterocycles. The van der Waals surface area contributed by atoms with Crippen LogP contribution in [0.2, 0.25) is 0 Å². The number of aliphatic hydroxyl groups excluding tert-OH is 4. The summed E-state index contributed by atoms with van der Waals surface area (Å²) in [5.74, 6) is 0.329. The zero-order valence-corrected chi connectivity index (χ0v) is 14.0. The highest BCUT2D eigenvalue weighted by atomic mass is 16.4. The summed E-state index contributed by atoms with van der Waals surface area (Å²) in [6, 6.07) is 5.76. The summed E-state index contributed by atoms with van der Waals surface area (Å²) >= 11 is 0. The van der Waals surface area contributed by atoms with E-state index in [2.05, 4.69) is 10.3 Å². The molecule has 1 aliphatic carbocycles. The number of pyridine rings is 1. The van der Waals surface area contributed by atoms with E-state index in [0.29, 0.717) is 23.4 Å². The number of carbonyl (C=O) groups is 1. The molecule has 4 atom stereocenters. The summed E-state index contributed by atoms with van der Waals surface area (Å²) in [5.41, 5.74) is 1.68. The third-order valence-electron chi connectivity index (χ3n) is 4.67. The zero-order valence-electron chi connectivity index (χ0n) is 14.0. The van der Waals surface area contributed by atoms with Crippen molar-refractivity contribution in [2.24, 2.45) is 0 Å². The maximum absolute atomic E-state index is 12.2. The number of rotatable bonds is 8. The molecule has 0 amide bonds. The SMILES string of the molecule is O=C[C@H](Nc1ccc2cc(C3CC3)c(=O)[nH]c2c1)[C@@H](O)[C@H](O)[C@H](O)CO. The van der Waals surface area contributed by atoms with Gasteiger partial charge in [0.15, 0.2) is 0 Å². The minimum Gasteiger partial charge on any atom is -0.394 e. The van der Waals surface area contributed by atoms with Crippen LogP contribution in [0.1, 0.15) is 24.3 Å². The lowest BCUT2D eigenvalue weighted by molar-refractivity contribution is -0.117. The van der Waals surface area contributed by atoms with Gasteiger partial charge in [-0.05, 0) is 42.3 Å². The molecule has 1 fully saturated rings. The van der Waals surface area contributed by atoms with Gasteiger partial charge in [0.25, 0.3) is 5.56 Å². The molecule has 2 aromatic rings. The zero-order chi connectivity index (χ0) is 18.8. The first-order valence-electron chi connectivity index (χ1n) is 8.48. The second-order valence-electron chi connectivity index (χ2n) is 6.67. The average Bonchev–Trinajstić information content (AvgIpc) is 3.48. The van der Waals surface area contributed by atoms with Crippen LogP contribution >= 0.6 is 0 Å². The Morgan fingerprint density at radius 1 is 1.19 bits per heavy atom. The highest BCUT2D eigenvalue weighted by Gasteiger charge is 2.31. The number of aldehydes is 1. The van der Waals surface area contributed by atoms with Crippen molar-refractivity contribution in [1.29, 1.82) is 0 Å². The molecule has 1 aromatic carbocycles. The fourth-order valence-electron chi connectivity index (χ4n) is 2.95. The van der Waals surface area contributed by atoms with Crippen molar-refractivity contribution in [2.75, 3.05) is 11.9 Å². The predicted molar refractivity (Wildman–Crippen MR) is 95.1 cm³/mol. The maximum atomic E-state index is 12.2. The van der Waals surface area contributed by atoms with Gasteiger partial charge in [-0.25, -0.2) is 0 Å². The van der Waals surface area contributed by atoms with E-state index in [4.69, 9.17) is 5.11 Å². The number of anilines is 1. The fraction of sp³-hybridized carbons (Fsp3) is 0.444. The molecule has 0 radical (unpaired) electrons. The molecule has 1 saturated carbocycles. The largest absolute Gasteiger partial charge is 0.394 e. The summed E-state index contributed by atoms with van der Waals surface area (Å²) in [4.78, 5) is 26.2. The van der Waals surface area contributed by atoms with Crippen LogP contribution in [0.15, 0.2) is 29.1 Å². The molecule has 1 heterocycles. The second-order valence-corrected chi connectivity index (χ2v) is 6.67. The summed E-state index contributed by atoms with van der Waals surface area (Å²) < 4.78 is 0. The number of hydrogen-bond donors (Lipinski definition) is 6. The number of fused-ring (bicyclic) bond motifs is 1. The lowest BCUT2D eigenvalue weighted by Gasteiger charge is -2.26. The number of aromatic nitrogens is 1. The van der Waals surface area contributed by atoms with E-state index in [1.807, 2.05) is 6.07 Å². The van der Waals surface area contributed by atoms with Crippen LogP contribution in [-0.4, -0.2) is 62.7 Å². The second kappa shape index (κ2) is 7.55. The Labute approximate surface area is 149 Å². The van der Waals surface area contributed by atoms with Crippen LogP contribution < -0.4 is 10.9 Å². The van der Waals surface area contributed by atoms with E-state index in [1.165, 1.54) is 0 Å². The molecule has 0 saturated heterocycles. The van der Waals surface area contributed by atoms with Crippen LogP contribution in [0.3, 0.4) is 0 Å². The molecule has 26 heavy (non-hydrogen) atoms. The monoisotopic (exact) mass is 362 g/mol. The summed E-state index contributed by atoms with van der Waals surface area (Å²) in [6.45, 7) is -0.746. The number of benzene rings is 1. The molecule has 0 aliphatic heterocycles. The van der Waals surface area contributed by atoms with Gasteiger partial charge in [0, 0.05) is 11.3 Å². The first-order valence-corrected chi connectivity index (χ1v) is 8.48. The smallest absolute Gasteiger partial charge is 0.251 e. The van der Waals surface area contributed by atoms with Crippen LogP contribution in [0.5, 0.6) is 0 Å². The van der Waals surface area contributed by atoms with Crippen LogP contribution in [0, 0.1) is 0 Å². The molecule has 3 rings (SSSR count). The first-order chi connectivity index (χ1) is 12.4. The van der Waals surface area contributed by atoms with E-state index in [1.54, 1.807) is 18.2 Å². The van der Waals surface area contributed by atoms with Gasteiger partial charge in [-0.2, -0.15) is 0 Å². The van der Waals surface area contributed by atoms with Gasteiger partial charge < -0.3 is 35.5 Å². The van der Waals surface area contributed by atoms with Gasteiger partial charge in [-0.1, -0.05) is 6.07 Å². The topological polar surface area (TPSA) is 143 Å². The molecule has 6 N–H and O–H groups in total. The van der Waals surface area contributed by atoms with Crippen molar-refractivity contribution in [1.82, 2.24) is 4.98 Å². The van der Waals surface area contributed by atoms with Gasteiger partial charge in [0.2, 0.25) is 0 Å².